The van der Waals surface area contributed by atoms with Crippen molar-refractivity contribution in [3.05, 3.63) is 53.3 Å². The smallest absolute Gasteiger partial charge is 0.322 e. The Labute approximate surface area is 177 Å². The maximum atomic E-state index is 13.1. The van der Waals surface area contributed by atoms with Gasteiger partial charge >= 0.3 is 6.03 Å². The van der Waals surface area contributed by atoms with Gasteiger partial charge in [0.2, 0.25) is 5.91 Å². The lowest BCUT2D eigenvalue weighted by Crippen LogP contribution is -2.46. The van der Waals surface area contributed by atoms with Gasteiger partial charge in [-0.1, -0.05) is 31.5 Å². The topological polar surface area (TPSA) is 57.6 Å². The van der Waals surface area contributed by atoms with Crippen LogP contribution in [0.3, 0.4) is 0 Å². The summed E-state index contributed by atoms with van der Waals surface area (Å²) < 4.78 is 2.03. The standard InChI is InChI=1S/C22H29ClN4O2/c1-16(2)13-26(22(29)24-18-7-4-6-17(23)12-18)15-21(28)27(19-9-10-19)14-20-8-5-11-25(20)3/h4-8,11-12,16,19H,9-10,13-15H2,1-3H3,(H,24,29). The van der Waals surface area contributed by atoms with E-state index in [0.717, 1.165) is 18.5 Å². The molecule has 0 atom stereocenters. The summed E-state index contributed by atoms with van der Waals surface area (Å²) in [4.78, 5) is 29.5. The molecule has 1 heterocycles. The second-order valence-electron chi connectivity index (χ2n) is 8.08. The van der Waals surface area contributed by atoms with Crippen LogP contribution in [0.25, 0.3) is 0 Å². The highest BCUT2D eigenvalue weighted by atomic mass is 35.5. The number of aryl methyl sites for hydroxylation is 1. The average Bonchev–Trinajstić information content (AvgIpc) is 3.41. The molecule has 0 aliphatic heterocycles. The molecule has 0 spiro atoms. The van der Waals surface area contributed by atoms with E-state index in [4.69, 9.17) is 11.6 Å². The summed E-state index contributed by atoms with van der Waals surface area (Å²) >= 11 is 6.01. The zero-order valence-electron chi connectivity index (χ0n) is 17.3. The number of carbonyl (C=O) groups is 2. The monoisotopic (exact) mass is 416 g/mol. The molecule has 3 amide bonds. The minimum atomic E-state index is -0.288. The Balaban J connectivity index is 1.69. The van der Waals surface area contributed by atoms with E-state index < -0.39 is 0 Å². The van der Waals surface area contributed by atoms with Crippen molar-refractivity contribution < 1.29 is 9.59 Å². The summed E-state index contributed by atoms with van der Waals surface area (Å²) in [6.07, 6.45) is 4.03. The fourth-order valence-corrected chi connectivity index (χ4v) is 3.52. The highest BCUT2D eigenvalue weighted by Crippen LogP contribution is 2.28. The molecule has 0 unspecified atom stereocenters. The molecule has 1 fully saturated rings. The first-order valence-electron chi connectivity index (χ1n) is 10.0. The van der Waals surface area contributed by atoms with Crippen LogP contribution >= 0.6 is 11.6 Å². The Hall–Kier alpha value is -2.47. The number of nitrogens with zero attached hydrogens (tertiary/aromatic N) is 3. The maximum Gasteiger partial charge on any atom is 0.322 e. The van der Waals surface area contributed by atoms with Crippen LogP contribution in [0.4, 0.5) is 10.5 Å². The van der Waals surface area contributed by atoms with Gasteiger partial charge in [0.15, 0.2) is 0 Å². The summed E-state index contributed by atoms with van der Waals surface area (Å²) in [5, 5.41) is 3.41. The first-order valence-corrected chi connectivity index (χ1v) is 10.4. The molecule has 3 rings (SSSR count). The summed E-state index contributed by atoms with van der Waals surface area (Å²) in [5.41, 5.74) is 1.70. The number of benzene rings is 1. The molecular weight excluding hydrogens is 388 g/mol. The number of hydrogen-bond acceptors (Lipinski definition) is 2. The van der Waals surface area contributed by atoms with E-state index in [9.17, 15) is 9.59 Å². The fraction of sp³-hybridized carbons (Fsp3) is 0.455. The van der Waals surface area contributed by atoms with Gasteiger partial charge in [-0.3, -0.25) is 4.79 Å². The number of amides is 3. The Kier molecular flexibility index (Phi) is 6.85. The highest BCUT2D eigenvalue weighted by molar-refractivity contribution is 6.30. The van der Waals surface area contributed by atoms with Crippen LogP contribution in [-0.2, 0) is 18.4 Å². The van der Waals surface area contributed by atoms with Gasteiger partial charge in [0.1, 0.15) is 6.54 Å². The van der Waals surface area contributed by atoms with Crippen LogP contribution in [0.5, 0.6) is 0 Å². The number of rotatable bonds is 8. The van der Waals surface area contributed by atoms with Gasteiger partial charge in [0, 0.05) is 42.2 Å². The molecule has 1 aromatic carbocycles. The first kappa shape index (κ1) is 21.2. The molecule has 1 aliphatic carbocycles. The number of carbonyl (C=O) groups excluding carboxylic acids is 2. The van der Waals surface area contributed by atoms with Gasteiger partial charge in [-0.05, 0) is 49.1 Å². The molecule has 1 N–H and O–H groups in total. The van der Waals surface area contributed by atoms with E-state index in [1.807, 2.05) is 48.7 Å². The van der Waals surface area contributed by atoms with E-state index in [1.165, 1.54) is 0 Å². The van der Waals surface area contributed by atoms with Gasteiger partial charge in [0.25, 0.3) is 0 Å². The zero-order chi connectivity index (χ0) is 21.0. The van der Waals surface area contributed by atoms with Crippen LogP contribution in [0.1, 0.15) is 32.4 Å². The van der Waals surface area contributed by atoms with Crippen molar-refractivity contribution >= 4 is 29.2 Å². The summed E-state index contributed by atoms with van der Waals surface area (Å²) in [6.45, 7) is 5.20. The van der Waals surface area contributed by atoms with Crippen molar-refractivity contribution in [1.82, 2.24) is 14.4 Å². The van der Waals surface area contributed by atoms with Gasteiger partial charge < -0.3 is 19.7 Å². The molecular formula is C22H29ClN4O2. The Morgan fingerprint density at radius 2 is 2.00 bits per heavy atom. The van der Waals surface area contributed by atoms with Gasteiger partial charge in [-0.2, -0.15) is 0 Å². The highest BCUT2D eigenvalue weighted by Gasteiger charge is 2.34. The Bertz CT molecular complexity index is 860. The lowest BCUT2D eigenvalue weighted by Gasteiger charge is -2.29. The average molecular weight is 417 g/mol. The number of hydrogen-bond donors (Lipinski definition) is 1. The van der Waals surface area contributed by atoms with Gasteiger partial charge in [-0.15, -0.1) is 0 Å². The molecule has 156 valence electrons. The quantitative estimate of drug-likeness (QED) is 0.695. The molecule has 7 heteroatoms. The molecule has 29 heavy (non-hydrogen) atoms. The summed E-state index contributed by atoms with van der Waals surface area (Å²) in [6, 6.07) is 11.0. The Morgan fingerprint density at radius 3 is 2.59 bits per heavy atom. The molecule has 0 bridgehead atoms. The van der Waals surface area contributed by atoms with E-state index >= 15 is 0 Å². The molecule has 2 aromatic rings. The SMILES string of the molecule is CC(C)CN(CC(=O)N(Cc1cccn1C)C1CC1)C(=O)Nc1cccc(Cl)c1. The molecule has 1 aromatic heterocycles. The van der Waals surface area contributed by atoms with Crippen LogP contribution in [0, 0.1) is 5.92 Å². The maximum absolute atomic E-state index is 13.1. The fourth-order valence-electron chi connectivity index (χ4n) is 3.33. The summed E-state index contributed by atoms with van der Waals surface area (Å²) in [7, 11) is 1.98. The third kappa shape index (κ3) is 6.00. The second kappa shape index (κ2) is 9.35. The number of aromatic nitrogens is 1. The van der Waals surface area contributed by atoms with Crippen LogP contribution in [-0.4, -0.2) is 45.4 Å². The predicted molar refractivity (Wildman–Crippen MR) is 116 cm³/mol. The predicted octanol–water partition coefficient (Wildman–Crippen LogP) is 4.36. The van der Waals surface area contributed by atoms with E-state index in [0.29, 0.717) is 23.8 Å². The number of anilines is 1. The van der Waals surface area contributed by atoms with E-state index in [1.54, 1.807) is 29.2 Å². The largest absolute Gasteiger partial charge is 0.353 e. The molecule has 1 aliphatic rings. The molecule has 0 saturated heterocycles. The minimum absolute atomic E-state index is 0.0180. The third-order valence-corrected chi connectivity index (χ3v) is 5.20. The van der Waals surface area contributed by atoms with Crippen molar-refractivity contribution in [2.24, 2.45) is 13.0 Å². The Morgan fingerprint density at radius 1 is 1.24 bits per heavy atom. The van der Waals surface area contributed by atoms with Crippen LogP contribution < -0.4 is 5.32 Å². The van der Waals surface area contributed by atoms with Crippen molar-refractivity contribution in [1.29, 1.82) is 0 Å². The normalized spacial score (nSPS) is 13.4. The number of urea groups is 1. The minimum Gasteiger partial charge on any atom is -0.353 e. The van der Waals surface area contributed by atoms with Crippen LogP contribution in [0.2, 0.25) is 5.02 Å². The first-order chi connectivity index (χ1) is 13.8. The molecule has 6 nitrogen and oxygen atoms in total. The van der Waals surface area contributed by atoms with Crippen LogP contribution in [0.15, 0.2) is 42.6 Å². The lowest BCUT2D eigenvalue weighted by molar-refractivity contribution is -0.133. The van der Waals surface area contributed by atoms with E-state index in [2.05, 4.69) is 5.32 Å². The zero-order valence-corrected chi connectivity index (χ0v) is 18.0. The van der Waals surface area contributed by atoms with Crippen molar-refractivity contribution in [3.63, 3.8) is 0 Å². The van der Waals surface area contributed by atoms with Crippen molar-refractivity contribution in [2.75, 3.05) is 18.4 Å². The van der Waals surface area contributed by atoms with Gasteiger partial charge in [0.05, 0.1) is 6.54 Å². The number of nitrogens with one attached hydrogen (secondary N) is 1. The van der Waals surface area contributed by atoms with Gasteiger partial charge in [-0.25, -0.2) is 4.79 Å². The van der Waals surface area contributed by atoms with Crippen molar-refractivity contribution in [2.45, 2.75) is 39.3 Å². The molecule has 0 radical (unpaired) electrons. The molecule has 1 saturated carbocycles. The lowest BCUT2D eigenvalue weighted by atomic mass is 10.2. The summed E-state index contributed by atoms with van der Waals surface area (Å²) in [5.74, 6) is 0.228. The van der Waals surface area contributed by atoms with E-state index in [-0.39, 0.29) is 30.4 Å². The third-order valence-electron chi connectivity index (χ3n) is 4.97. The number of halogens is 1. The second-order valence-corrected chi connectivity index (χ2v) is 8.51. The van der Waals surface area contributed by atoms with Crippen molar-refractivity contribution in [3.8, 4) is 0 Å².